The van der Waals surface area contributed by atoms with Crippen LogP contribution < -0.4 is 4.74 Å². The lowest BCUT2D eigenvalue weighted by Gasteiger charge is -2.18. The largest absolute Gasteiger partial charge is 0.573 e. The summed E-state index contributed by atoms with van der Waals surface area (Å²) < 4.78 is 73.3. The van der Waals surface area contributed by atoms with Gasteiger partial charge in [-0.15, -0.1) is 13.2 Å². The van der Waals surface area contributed by atoms with Crippen LogP contribution in [0, 0.1) is 11.6 Å². The van der Waals surface area contributed by atoms with Gasteiger partial charge < -0.3 is 8.85 Å². The average molecular weight is 368 g/mol. The summed E-state index contributed by atoms with van der Waals surface area (Å²) in [7, 11) is -1.78. The van der Waals surface area contributed by atoms with Gasteiger partial charge in [-0.3, -0.25) is 0 Å². The molecular weight excluding hydrogens is 351 g/mol. The number of hydrogen-bond donors (Lipinski definition) is 0. The van der Waals surface area contributed by atoms with E-state index < -0.39 is 32.1 Å². The summed E-state index contributed by atoms with van der Waals surface area (Å²) in [6.45, 7) is 9.26. The molecule has 0 aromatic heterocycles. The van der Waals surface area contributed by atoms with Gasteiger partial charge in [0, 0.05) is 5.56 Å². The van der Waals surface area contributed by atoms with Gasteiger partial charge in [0.2, 0.25) is 5.82 Å². The molecule has 0 saturated carbocycles. The minimum Gasteiger partial charge on any atom is -0.453 e. The van der Waals surface area contributed by atoms with Crippen LogP contribution >= 0.6 is 0 Å². The van der Waals surface area contributed by atoms with Crippen LogP contribution in [0.5, 0.6) is 5.75 Å². The molecule has 1 aromatic rings. The number of rotatable bonds is 5. The number of allylic oxidation sites excluding steroid dienone is 2. The lowest BCUT2D eigenvalue weighted by molar-refractivity contribution is -0.275. The molecule has 0 aliphatic heterocycles. The standard InChI is InChI=1S/C14H17F5O2Si2/c1-8(9(2)22-21-23(3,4)5)10-6-7-11(13(16)12(10)15)20-14(17,18)19/h6-7H,1-5H3. The summed E-state index contributed by atoms with van der Waals surface area (Å²) >= 11 is 0. The summed E-state index contributed by atoms with van der Waals surface area (Å²) in [5, 5.41) is 0.704. The van der Waals surface area contributed by atoms with Gasteiger partial charge in [0.05, 0.1) is 0 Å². The van der Waals surface area contributed by atoms with Crippen LogP contribution in [0.1, 0.15) is 19.4 Å². The Bertz CT molecular complexity index is 606. The van der Waals surface area contributed by atoms with Gasteiger partial charge in [0.15, 0.2) is 19.9 Å². The van der Waals surface area contributed by atoms with Crippen LogP contribution in [0.15, 0.2) is 17.3 Å². The second kappa shape index (κ2) is 7.14. The second-order valence-corrected chi connectivity index (χ2v) is 11.8. The van der Waals surface area contributed by atoms with Crippen molar-refractivity contribution in [3.05, 3.63) is 34.5 Å². The highest BCUT2D eigenvalue weighted by Gasteiger charge is 2.33. The fraction of sp³-hybridized carbons (Fsp3) is 0.429. The van der Waals surface area contributed by atoms with E-state index in [4.69, 9.17) is 4.12 Å². The predicted molar refractivity (Wildman–Crippen MR) is 81.5 cm³/mol. The van der Waals surface area contributed by atoms with Gasteiger partial charge >= 0.3 is 6.36 Å². The van der Waals surface area contributed by atoms with E-state index in [1.807, 2.05) is 19.6 Å². The summed E-state index contributed by atoms with van der Waals surface area (Å²) in [6, 6.07) is 1.83. The van der Waals surface area contributed by atoms with Crippen LogP contribution in [-0.2, 0) is 4.12 Å². The third-order valence-corrected chi connectivity index (χ3v) is 6.29. The SMILES string of the molecule is CC([Si]O[Si](C)(C)C)=C(C)c1ccc(OC(F)(F)F)c(F)c1F. The summed E-state index contributed by atoms with van der Waals surface area (Å²) in [5.41, 5.74) is 0.317. The zero-order valence-corrected chi connectivity index (χ0v) is 15.4. The summed E-state index contributed by atoms with van der Waals surface area (Å²) in [5.74, 6) is -4.23. The van der Waals surface area contributed by atoms with E-state index in [1.165, 1.54) is 0 Å². The molecule has 1 aromatic carbocycles. The van der Waals surface area contributed by atoms with Crippen LogP contribution in [-0.4, -0.2) is 24.4 Å². The maximum Gasteiger partial charge on any atom is 0.573 e. The monoisotopic (exact) mass is 368 g/mol. The normalized spacial score (nSPS) is 13.8. The van der Waals surface area contributed by atoms with E-state index in [-0.39, 0.29) is 15.3 Å². The number of benzene rings is 1. The molecule has 0 aliphatic carbocycles. The van der Waals surface area contributed by atoms with E-state index in [0.29, 0.717) is 10.8 Å². The van der Waals surface area contributed by atoms with E-state index in [9.17, 15) is 22.0 Å². The molecule has 1 rings (SSSR count). The number of hydrogen-bond acceptors (Lipinski definition) is 2. The van der Waals surface area contributed by atoms with Crippen molar-refractivity contribution in [2.45, 2.75) is 39.9 Å². The van der Waals surface area contributed by atoms with Gasteiger partial charge in [-0.05, 0) is 51.2 Å². The molecule has 0 fully saturated rings. The summed E-state index contributed by atoms with van der Waals surface area (Å²) in [4.78, 5) is 0. The minimum atomic E-state index is -5.08. The fourth-order valence-corrected chi connectivity index (χ4v) is 3.66. The highest BCUT2D eigenvalue weighted by molar-refractivity contribution is 6.74. The van der Waals surface area contributed by atoms with E-state index in [0.717, 1.165) is 12.1 Å². The molecule has 0 unspecified atom stereocenters. The van der Waals surface area contributed by atoms with Gasteiger partial charge in [-0.2, -0.15) is 4.39 Å². The van der Waals surface area contributed by atoms with E-state index in [2.05, 4.69) is 4.74 Å². The Morgan fingerprint density at radius 3 is 2.09 bits per heavy atom. The van der Waals surface area contributed by atoms with Crippen LogP contribution in [0.25, 0.3) is 5.57 Å². The van der Waals surface area contributed by atoms with Crippen LogP contribution in [0.2, 0.25) is 19.6 Å². The van der Waals surface area contributed by atoms with Crippen LogP contribution in [0.3, 0.4) is 0 Å². The zero-order chi connectivity index (χ0) is 18.0. The quantitative estimate of drug-likeness (QED) is 0.533. The van der Waals surface area contributed by atoms with Crippen LogP contribution in [0.4, 0.5) is 22.0 Å². The summed E-state index contributed by atoms with van der Waals surface area (Å²) in [6.07, 6.45) is -5.08. The zero-order valence-electron chi connectivity index (χ0n) is 13.4. The van der Waals surface area contributed by atoms with Gasteiger partial charge in [0.1, 0.15) is 0 Å². The molecule has 0 atom stereocenters. The molecule has 0 N–H and O–H groups in total. The first-order valence-electron chi connectivity index (χ1n) is 6.67. The molecule has 23 heavy (non-hydrogen) atoms. The number of alkyl halides is 3. The van der Waals surface area contributed by atoms with Crippen molar-refractivity contribution in [1.82, 2.24) is 0 Å². The number of ether oxygens (including phenoxy) is 1. The molecule has 0 aliphatic rings. The first kappa shape index (κ1) is 19.8. The maximum atomic E-state index is 14.0. The Morgan fingerprint density at radius 2 is 1.61 bits per heavy atom. The topological polar surface area (TPSA) is 18.5 Å². The highest BCUT2D eigenvalue weighted by Crippen LogP contribution is 2.31. The highest BCUT2D eigenvalue weighted by atomic mass is 28.4. The Balaban J connectivity index is 3.11. The van der Waals surface area contributed by atoms with Crippen molar-refractivity contribution in [2.75, 3.05) is 0 Å². The van der Waals surface area contributed by atoms with Crippen molar-refractivity contribution < 1.29 is 30.8 Å². The van der Waals surface area contributed by atoms with Crippen molar-refractivity contribution in [1.29, 1.82) is 0 Å². The fourth-order valence-electron chi connectivity index (χ4n) is 1.53. The first-order valence-corrected chi connectivity index (χ1v) is 11.0. The van der Waals surface area contributed by atoms with Gasteiger partial charge in [-0.1, -0.05) is 5.20 Å². The van der Waals surface area contributed by atoms with E-state index in [1.54, 1.807) is 13.8 Å². The molecule has 2 nitrogen and oxygen atoms in total. The molecule has 128 valence electrons. The molecule has 2 radical (unpaired) electrons. The maximum absolute atomic E-state index is 14.0. The Kier molecular flexibility index (Phi) is 6.16. The second-order valence-electron chi connectivity index (χ2n) is 5.85. The lowest BCUT2D eigenvalue weighted by atomic mass is 10.1. The van der Waals surface area contributed by atoms with Crippen molar-refractivity contribution in [3.8, 4) is 5.75 Å². The molecule has 0 saturated heterocycles. The number of halogens is 5. The average Bonchev–Trinajstić information content (AvgIpc) is 2.38. The van der Waals surface area contributed by atoms with E-state index >= 15 is 0 Å². The molecule has 0 spiro atoms. The minimum absolute atomic E-state index is 0.0142. The van der Waals surface area contributed by atoms with Gasteiger partial charge in [-0.25, -0.2) is 4.39 Å². The predicted octanol–water partition coefficient (Wildman–Crippen LogP) is 5.09. The molecule has 0 amide bonds. The van der Waals surface area contributed by atoms with Crippen molar-refractivity contribution in [2.24, 2.45) is 0 Å². The Morgan fingerprint density at radius 1 is 1.04 bits per heavy atom. The third-order valence-electron chi connectivity index (χ3n) is 2.75. The van der Waals surface area contributed by atoms with Gasteiger partial charge in [0.25, 0.3) is 9.76 Å². The molecule has 9 heteroatoms. The molecular formula is C14H17F5O2Si2. The Labute approximate surface area is 135 Å². The molecule has 0 bridgehead atoms. The lowest BCUT2D eigenvalue weighted by Crippen LogP contribution is -2.28. The first-order chi connectivity index (χ1) is 10.3. The van der Waals surface area contributed by atoms with Crippen molar-refractivity contribution >= 4 is 23.7 Å². The Hall–Kier alpha value is -1.20. The third kappa shape index (κ3) is 6.07. The smallest absolute Gasteiger partial charge is 0.453 e. The van der Waals surface area contributed by atoms with Crippen molar-refractivity contribution in [3.63, 3.8) is 0 Å². The molecule has 0 heterocycles.